The van der Waals surface area contributed by atoms with Crippen molar-refractivity contribution >= 4 is 23.1 Å². The largest absolute Gasteiger partial charge is 0.311 e. The second-order valence-electron chi connectivity index (χ2n) is 3.67. The van der Waals surface area contributed by atoms with Crippen LogP contribution in [-0.2, 0) is 6.54 Å². The maximum absolute atomic E-state index is 3.50. The van der Waals surface area contributed by atoms with E-state index in [1.807, 2.05) is 11.3 Å². The van der Waals surface area contributed by atoms with Crippen molar-refractivity contribution in [2.45, 2.75) is 33.2 Å². The Morgan fingerprint density at radius 3 is 2.93 bits per heavy atom. The first kappa shape index (κ1) is 13.1. The minimum absolute atomic E-state index is 1.04. The zero-order valence-electron chi connectivity index (χ0n) is 9.71. The molecule has 0 fully saturated rings. The van der Waals surface area contributed by atoms with Gasteiger partial charge in [0.2, 0.25) is 0 Å². The topological polar surface area (TPSA) is 12.0 Å². The van der Waals surface area contributed by atoms with E-state index in [0.29, 0.717) is 0 Å². The Labute approximate surface area is 102 Å². The van der Waals surface area contributed by atoms with Crippen LogP contribution in [0.25, 0.3) is 0 Å². The van der Waals surface area contributed by atoms with Crippen molar-refractivity contribution in [3.05, 3.63) is 21.9 Å². The number of aryl methyl sites for hydroxylation is 1. The molecular weight excluding hydrogens is 222 g/mol. The Balaban J connectivity index is 1.96. The highest BCUT2D eigenvalue weighted by atomic mass is 32.2. The van der Waals surface area contributed by atoms with Gasteiger partial charge in [0.25, 0.3) is 0 Å². The van der Waals surface area contributed by atoms with Crippen molar-refractivity contribution in [1.82, 2.24) is 5.32 Å². The van der Waals surface area contributed by atoms with E-state index in [2.05, 4.69) is 42.4 Å². The molecule has 0 saturated carbocycles. The average Bonchev–Trinajstić information content (AvgIpc) is 2.63. The lowest BCUT2D eigenvalue weighted by molar-refractivity contribution is 0.737. The number of nitrogens with one attached hydrogen (secondary N) is 1. The van der Waals surface area contributed by atoms with Gasteiger partial charge in [0.1, 0.15) is 0 Å². The molecule has 0 unspecified atom stereocenters. The number of thiophene rings is 1. The van der Waals surface area contributed by atoms with Gasteiger partial charge in [0.15, 0.2) is 0 Å². The predicted molar refractivity (Wildman–Crippen MR) is 73.0 cm³/mol. The van der Waals surface area contributed by atoms with Gasteiger partial charge in [-0.2, -0.15) is 11.8 Å². The fourth-order valence-corrected chi connectivity index (χ4v) is 3.14. The molecule has 0 bridgehead atoms. The number of hydrogen-bond donors (Lipinski definition) is 1. The van der Waals surface area contributed by atoms with Crippen LogP contribution in [0.4, 0.5) is 0 Å². The Morgan fingerprint density at radius 1 is 1.40 bits per heavy atom. The highest BCUT2D eigenvalue weighted by molar-refractivity contribution is 7.99. The monoisotopic (exact) mass is 243 g/mol. The summed E-state index contributed by atoms with van der Waals surface area (Å²) in [5.74, 6) is 2.56. The summed E-state index contributed by atoms with van der Waals surface area (Å²) in [5, 5.41) is 5.66. The molecule has 86 valence electrons. The van der Waals surface area contributed by atoms with E-state index in [1.54, 1.807) is 0 Å². The summed E-state index contributed by atoms with van der Waals surface area (Å²) in [5.41, 5.74) is 1.42. The number of unbranched alkanes of at least 4 members (excludes halogenated alkanes) is 1. The first-order valence-corrected chi connectivity index (χ1v) is 7.69. The molecule has 3 heteroatoms. The molecule has 0 aliphatic heterocycles. The van der Waals surface area contributed by atoms with Crippen LogP contribution in [0.5, 0.6) is 0 Å². The van der Waals surface area contributed by atoms with Crippen molar-refractivity contribution < 1.29 is 0 Å². The second kappa shape index (κ2) is 8.20. The van der Waals surface area contributed by atoms with Crippen molar-refractivity contribution in [2.24, 2.45) is 0 Å². The highest BCUT2D eigenvalue weighted by Gasteiger charge is 1.98. The molecule has 0 aromatic carbocycles. The van der Waals surface area contributed by atoms with Gasteiger partial charge < -0.3 is 5.32 Å². The lowest BCUT2D eigenvalue weighted by atomic mass is 10.3. The summed E-state index contributed by atoms with van der Waals surface area (Å²) in [7, 11) is 0. The zero-order chi connectivity index (χ0) is 10.9. The molecule has 1 aromatic heterocycles. The van der Waals surface area contributed by atoms with E-state index in [4.69, 9.17) is 0 Å². The Bertz CT molecular complexity index is 258. The lowest BCUT2D eigenvalue weighted by Crippen LogP contribution is -2.16. The number of rotatable bonds is 8. The van der Waals surface area contributed by atoms with Crippen molar-refractivity contribution in [2.75, 3.05) is 18.1 Å². The van der Waals surface area contributed by atoms with Crippen molar-refractivity contribution in [1.29, 1.82) is 0 Å². The zero-order valence-corrected chi connectivity index (χ0v) is 11.3. The fraction of sp³-hybridized carbons (Fsp3) is 0.667. The van der Waals surface area contributed by atoms with Crippen LogP contribution < -0.4 is 5.32 Å². The quantitative estimate of drug-likeness (QED) is 0.699. The molecule has 15 heavy (non-hydrogen) atoms. The molecule has 0 amide bonds. The summed E-state index contributed by atoms with van der Waals surface area (Å²) < 4.78 is 0. The van der Waals surface area contributed by atoms with E-state index in [1.165, 1.54) is 34.8 Å². The summed E-state index contributed by atoms with van der Waals surface area (Å²) in [4.78, 5) is 1.48. The molecule has 0 saturated heterocycles. The summed E-state index contributed by atoms with van der Waals surface area (Å²) in [6.45, 7) is 6.60. The van der Waals surface area contributed by atoms with E-state index < -0.39 is 0 Å². The molecule has 1 aromatic rings. The van der Waals surface area contributed by atoms with E-state index in [-0.39, 0.29) is 0 Å². The van der Waals surface area contributed by atoms with Crippen molar-refractivity contribution in [3.8, 4) is 0 Å². The van der Waals surface area contributed by atoms with Crippen LogP contribution in [0.3, 0.4) is 0 Å². The van der Waals surface area contributed by atoms with Crippen LogP contribution in [0.1, 0.15) is 30.2 Å². The normalized spacial score (nSPS) is 10.8. The van der Waals surface area contributed by atoms with E-state index in [9.17, 15) is 0 Å². The standard InChI is InChI=1S/C12H21NS2/c1-3-4-7-14-9-6-13-10-12-11(2)5-8-15-12/h5,8,13H,3-4,6-7,9-10H2,1-2H3. The van der Waals surface area contributed by atoms with Crippen LogP contribution in [0.15, 0.2) is 11.4 Å². The Morgan fingerprint density at radius 2 is 2.27 bits per heavy atom. The van der Waals surface area contributed by atoms with Gasteiger partial charge in [0.05, 0.1) is 0 Å². The maximum atomic E-state index is 3.50. The highest BCUT2D eigenvalue weighted by Crippen LogP contribution is 2.14. The molecule has 1 nitrogen and oxygen atoms in total. The first-order chi connectivity index (χ1) is 7.34. The first-order valence-electron chi connectivity index (χ1n) is 5.66. The molecule has 1 heterocycles. The molecule has 1 N–H and O–H groups in total. The molecule has 0 radical (unpaired) electrons. The summed E-state index contributed by atoms with van der Waals surface area (Å²) in [6.07, 6.45) is 2.67. The van der Waals surface area contributed by atoms with Gasteiger partial charge >= 0.3 is 0 Å². The lowest BCUT2D eigenvalue weighted by Gasteiger charge is -2.03. The van der Waals surface area contributed by atoms with E-state index in [0.717, 1.165) is 13.1 Å². The van der Waals surface area contributed by atoms with Gasteiger partial charge in [-0.05, 0) is 36.1 Å². The van der Waals surface area contributed by atoms with Crippen LogP contribution in [0.2, 0.25) is 0 Å². The second-order valence-corrected chi connectivity index (χ2v) is 5.89. The summed E-state index contributed by atoms with van der Waals surface area (Å²) >= 11 is 3.91. The van der Waals surface area contributed by atoms with Crippen LogP contribution in [-0.4, -0.2) is 18.1 Å². The number of hydrogen-bond acceptors (Lipinski definition) is 3. The molecule has 0 spiro atoms. The van der Waals surface area contributed by atoms with Gasteiger partial charge in [0, 0.05) is 23.7 Å². The van der Waals surface area contributed by atoms with Gasteiger partial charge in [-0.25, -0.2) is 0 Å². The smallest absolute Gasteiger partial charge is 0.0302 e. The molecule has 0 aliphatic rings. The van der Waals surface area contributed by atoms with E-state index >= 15 is 0 Å². The third-order valence-corrected chi connectivity index (χ3v) is 4.41. The third kappa shape index (κ3) is 5.59. The third-order valence-electron chi connectivity index (χ3n) is 2.32. The fourth-order valence-electron chi connectivity index (χ4n) is 1.28. The average molecular weight is 243 g/mol. The molecule has 1 rings (SSSR count). The Kier molecular flexibility index (Phi) is 7.14. The molecule has 0 atom stereocenters. The van der Waals surface area contributed by atoms with Crippen LogP contribution >= 0.6 is 23.1 Å². The van der Waals surface area contributed by atoms with Gasteiger partial charge in [-0.1, -0.05) is 13.3 Å². The molecule has 0 aliphatic carbocycles. The maximum Gasteiger partial charge on any atom is 0.0302 e. The Hall–Kier alpha value is 0.0100. The molecular formula is C12H21NS2. The SMILES string of the molecule is CCCCSCCNCc1sccc1C. The van der Waals surface area contributed by atoms with Crippen molar-refractivity contribution in [3.63, 3.8) is 0 Å². The predicted octanol–water partition coefficient (Wildman–Crippen LogP) is 3.68. The minimum Gasteiger partial charge on any atom is -0.311 e. The minimum atomic E-state index is 1.04. The summed E-state index contributed by atoms with van der Waals surface area (Å²) in [6, 6.07) is 2.19. The number of thioether (sulfide) groups is 1. The van der Waals surface area contributed by atoms with Gasteiger partial charge in [-0.15, -0.1) is 11.3 Å². The van der Waals surface area contributed by atoms with Gasteiger partial charge in [-0.3, -0.25) is 0 Å². The van der Waals surface area contributed by atoms with Crippen LogP contribution in [0, 0.1) is 6.92 Å².